The molecular weight excluding hydrogens is 859 g/mol. The van der Waals surface area contributed by atoms with Crippen LogP contribution in [0.15, 0.2) is 261 Å². The van der Waals surface area contributed by atoms with Gasteiger partial charge in [0, 0.05) is 16.2 Å². The van der Waals surface area contributed by atoms with Crippen molar-refractivity contribution >= 4 is 65.5 Å². The Morgan fingerprint density at radius 3 is 1.48 bits per heavy atom. The minimum absolute atomic E-state index is 0.0972. The van der Waals surface area contributed by atoms with Crippen molar-refractivity contribution in [1.29, 1.82) is 0 Å². The average molecular weight is 906 g/mol. The summed E-state index contributed by atoms with van der Waals surface area (Å²) < 4.78 is 2.53. The van der Waals surface area contributed by atoms with E-state index in [1.165, 1.54) is 110 Å². The first-order valence-electron chi connectivity index (χ1n) is 24.7. The van der Waals surface area contributed by atoms with E-state index in [9.17, 15) is 0 Å². The molecule has 334 valence electrons. The normalized spacial score (nSPS) is 14.4. The molecule has 0 saturated carbocycles. The number of para-hydroxylation sites is 2. The van der Waals surface area contributed by atoms with Crippen LogP contribution >= 0.6 is 0 Å². The molecule has 0 spiro atoms. The molecule has 0 fully saturated rings. The van der Waals surface area contributed by atoms with Crippen LogP contribution in [-0.2, 0) is 0 Å². The van der Waals surface area contributed by atoms with Crippen LogP contribution in [0.4, 0.5) is 11.4 Å². The maximum atomic E-state index is 4.09. The number of benzene rings is 12. The van der Waals surface area contributed by atoms with E-state index in [1.807, 2.05) is 0 Å². The molecule has 71 heavy (non-hydrogen) atoms. The summed E-state index contributed by atoms with van der Waals surface area (Å²) in [5.41, 5.74) is 17.9. The van der Waals surface area contributed by atoms with Crippen molar-refractivity contribution in [3.05, 3.63) is 272 Å². The Labute approximate surface area is 412 Å². The average Bonchev–Trinajstić information content (AvgIpc) is 3.80. The Bertz CT molecular complexity index is 4100. The molecule has 0 amide bonds. The van der Waals surface area contributed by atoms with E-state index >= 15 is 0 Å². The highest BCUT2D eigenvalue weighted by Crippen LogP contribution is 2.48. The summed E-state index contributed by atoms with van der Waals surface area (Å²) in [5, 5.41) is 18.1. The second kappa shape index (κ2) is 16.8. The minimum atomic E-state index is -0.107. The number of aromatic nitrogens is 1. The summed E-state index contributed by atoms with van der Waals surface area (Å²) in [6.45, 7) is 0. The molecule has 2 atom stereocenters. The molecule has 0 bridgehead atoms. The lowest BCUT2D eigenvalue weighted by atomic mass is 9.85. The second-order valence-electron chi connectivity index (χ2n) is 18.9. The molecule has 13 aromatic rings. The van der Waals surface area contributed by atoms with Crippen LogP contribution < -0.4 is 10.6 Å². The predicted octanol–water partition coefficient (Wildman–Crippen LogP) is 18.2. The molecule has 12 aromatic carbocycles. The Hall–Kier alpha value is -9.18. The summed E-state index contributed by atoms with van der Waals surface area (Å²) in [5.74, 6) is 0. The molecule has 14 rings (SSSR count). The van der Waals surface area contributed by atoms with Gasteiger partial charge in [-0.05, 0) is 131 Å². The fourth-order valence-corrected chi connectivity index (χ4v) is 11.6. The van der Waals surface area contributed by atoms with Gasteiger partial charge in [0.15, 0.2) is 0 Å². The standard InChI is InChI=1S/C68H47N3/c1-4-17-44(18-5-1)47-31-33-49(34-32-47)53-27-16-28-58-56(53)36-40-64-66(58)65-54-24-11-10-23-48(54)35-38-63(65)71(64)62-39-37-59(55-25-12-13-26-57(55)62)68-67(69-60-29-14-15-30-61(60)70-68)52-42-50(45-19-6-2-7-20-45)41-51(43-52)46-21-8-3-9-22-46/h1-43,67-70H. The fraction of sp³-hybridized carbons (Fsp3) is 0.0294. The number of rotatable bonds is 7. The van der Waals surface area contributed by atoms with Crippen molar-refractivity contribution in [3.8, 4) is 50.2 Å². The summed E-state index contributed by atoms with van der Waals surface area (Å²) >= 11 is 0. The third-order valence-corrected chi connectivity index (χ3v) is 14.9. The summed E-state index contributed by atoms with van der Waals surface area (Å²) in [6, 6.07) is 95.5. The van der Waals surface area contributed by atoms with Crippen LogP contribution in [0, 0.1) is 0 Å². The highest BCUT2D eigenvalue weighted by molar-refractivity contribution is 6.29. The summed E-state index contributed by atoms with van der Waals surface area (Å²) in [7, 11) is 0. The Balaban J connectivity index is 0.964. The molecular formula is C68H47N3. The van der Waals surface area contributed by atoms with Gasteiger partial charge in [0.1, 0.15) is 0 Å². The van der Waals surface area contributed by atoms with Gasteiger partial charge in [-0.25, -0.2) is 0 Å². The van der Waals surface area contributed by atoms with Crippen LogP contribution in [0.3, 0.4) is 0 Å². The molecule has 3 heteroatoms. The van der Waals surface area contributed by atoms with Gasteiger partial charge in [-0.3, -0.25) is 0 Å². The SMILES string of the molecule is c1ccc(-c2ccc(-c3cccc4c3ccc3c4c4c5ccccc5ccc4n3-c3ccc(C4Nc5ccccc5NC4c4cc(-c5ccccc5)cc(-c5ccccc5)c4)c4ccccc34)cc2)cc1. The van der Waals surface area contributed by atoms with E-state index in [0.717, 1.165) is 17.1 Å². The lowest BCUT2D eigenvalue weighted by Gasteiger charge is -2.38. The molecule has 2 unspecified atom stereocenters. The van der Waals surface area contributed by atoms with Crippen molar-refractivity contribution in [2.75, 3.05) is 10.6 Å². The second-order valence-corrected chi connectivity index (χ2v) is 18.9. The van der Waals surface area contributed by atoms with Gasteiger partial charge in [-0.1, -0.05) is 212 Å². The number of hydrogen-bond acceptors (Lipinski definition) is 2. The van der Waals surface area contributed by atoms with Gasteiger partial charge in [0.2, 0.25) is 0 Å². The molecule has 0 aliphatic carbocycles. The monoisotopic (exact) mass is 905 g/mol. The molecule has 1 aliphatic heterocycles. The van der Waals surface area contributed by atoms with Crippen LogP contribution in [0.1, 0.15) is 23.2 Å². The molecule has 0 saturated heterocycles. The number of hydrogen-bond donors (Lipinski definition) is 2. The van der Waals surface area contributed by atoms with Gasteiger partial charge in [0.25, 0.3) is 0 Å². The van der Waals surface area contributed by atoms with E-state index in [1.54, 1.807) is 0 Å². The van der Waals surface area contributed by atoms with Crippen LogP contribution in [0.5, 0.6) is 0 Å². The maximum absolute atomic E-state index is 4.09. The zero-order valence-electron chi connectivity index (χ0n) is 38.9. The van der Waals surface area contributed by atoms with Gasteiger partial charge in [-0.2, -0.15) is 0 Å². The van der Waals surface area contributed by atoms with Crippen molar-refractivity contribution in [2.45, 2.75) is 12.1 Å². The third-order valence-electron chi connectivity index (χ3n) is 14.9. The third kappa shape index (κ3) is 6.89. The van der Waals surface area contributed by atoms with E-state index in [2.05, 4.69) is 276 Å². The molecule has 2 N–H and O–H groups in total. The fourth-order valence-electron chi connectivity index (χ4n) is 11.6. The molecule has 2 heterocycles. The summed E-state index contributed by atoms with van der Waals surface area (Å²) in [4.78, 5) is 0. The first kappa shape index (κ1) is 40.8. The highest BCUT2D eigenvalue weighted by Gasteiger charge is 2.33. The van der Waals surface area contributed by atoms with E-state index in [-0.39, 0.29) is 12.1 Å². The number of fused-ring (bicyclic) bond motifs is 9. The van der Waals surface area contributed by atoms with Crippen molar-refractivity contribution in [1.82, 2.24) is 4.57 Å². The van der Waals surface area contributed by atoms with E-state index < -0.39 is 0 Å². The molecule has 1 aliphatic rings. The number of nitrogens with one attached hydrogen (secondary N) is 2. The van der Waals surface area contributed by atoms with Crippen LogP contribution in [-0.4, -0.2) is 4.57 Å². The lowest BCUT2D eigenvalue weighted by Crippen LogP contribution is -2.30. The van der Waals surface area contributed by atoms with Gasteiger partial charge in [0.05, 0.1) is 40.2 Å². The summed E-state index contributed by atoms with van der Waals surface area (Å²) in [6.07, 6.45) is 0. The first-order chi connectivity index (χ1) is 35.2. The van der Waals surface area contributed by atoms with Gasteiger partial charge in [-0.15, -0.1) is 0 Å². The largest absolute Gasteiger partial charge is 0.374 e. The zero-order chi connectivity index (χ0) is 46.8. The van der Waals surface area contributed by atoms with Gasteiger partial charge >= 0.3 is 0 Å². The maximum Gasteiger partial charge on any atom is 0.0764 e. The topological polar surface area (TPSA) is 29.0 Å². The lowest BCUT2D eigenvalue weighted by molar-refractivity contribution is 0.640. The molecule has 0 radical (unpaired) electrons. The Morgan fingerprint density at radius 2 is 0.803 bits per heavy atom. The highest BCUT2D eigenvalue weighted by atomic mass is 15.1. The quantitative estimate of drug-likeness (QED) is 0.167. The van der Waals surface area contributed by atoms with Gasteiger partial charge < -0.3 is 15.2 Å². The van der Waals surface area contributed by atoms with Crippen LogP contribution in [0.2, 0.25) is 0 Å². The van der Waals surface area contributed by atoms with Crippen molar-refractivity contribution in [2.24, 2.45) is 0 Å². The zero-order valence-corrected chi connectivity index (χ0v) is 38.9. The van der Waals surface area contributed by atoms with Crippen molar-refractivity contribution < 1.29 is 0 Å². The Morgan fingerprint density at radius 1 is 0.296 bits per heavy atom. The first-order valence-corrected chi connectivity index (χ1v) is 24.7. The van der Waals surface area contributed by atoms with Crippen LogP contribution in [0.25, 0.3) is 104 Å². The predicted molar refractivity (Wildman–Crippen MR) is 301 cm³/mol. The Kier molecular flexibility index (Phi) is 9.67. The van der Waals surface area contributed by atoms with E-state index in [0.29, 0.717) is 0 Å². The molecule has 3 nitrogen and oxygen atoms in total. The van der Waals surface area contributed by atoms with Crippen molar-refractivity contribution in [3.63, 3.8) is 0 Å². The number of anilines is 2. The minimum Gasteiger partial charge on any atom is -0.374 e. The van der Waals surface area contributed by atoms with E-state index in [4.69, 9.17) is 0 Å². The number of nitrogens with zero attached hydrogens (tertiary/aromatic N) is 1. The molecule has 1 aromatic heterocycles. The smallest absolute Gasteiger partial charge is 0.0764 e.